The summed E-state index contributed by atoms with van der Waals surface area (Å²) in [5.41, 5.74) is 5.81. The molecule has 0 atom stereocenters. The molecule has 0 saturated heterocycles. The maximum absolute atomic E-state index is 12.1. The van der Waals surface area contributed by atoms with E-state index >= 15 is 0 Å². The lowest BCUT2D eigenvalue weighted by molar-refractivity contribution is -0.120. The molecule has 2 aromatic rings. The summed E-state index contributed by atoms with van der Waals surface area (Å²) in [4.78, 5) is 23.9. The summed E-state index contributed by atoms with van der Waals surface area (Å²) >= 11 is 0. The van der Waals surface area contributed by atoms with E-state index in [0.29, 0.717) is 41.7 Å². The van der Waals surface area contributed by atoms with Gasteiger partial charge in [0.15, 0.2) is 17.3 Å². The number of furan rings is 1. The largest absolute Gasteiger partial charge is 0.486 e. The summed E-state index contributed by atoms with van der Waals surface area (Å²) in [6, 6.07) is 8.26. The number of benzene rings is 1. The number of carbonyl (C=O) groups excluding carboxylic acids is 2. The smallest absolute Gasteiger partial charge is 0.257 e. The molecule has 0 saturated carbocycles. The normalized spacial score (nSPS) is 12.2. The Labute approximate surface area is 143 Å². The third-order valence-corrected chi connectivity index (χ3v) is 3.39. The predicted octanol–water partition coefficient (Wildman–Crippen LogP) is 1.07. The van der Waals surface area contributed by atoms with Crippen LogP contribution in [0.25, 0.3) is 5.70 Å². The molecule has 1 aliphatic rings. The fourth-order valence-electron chi connectivity index (χ4n) is 2.15. The SMILES string of the molecule is C=C(NNC(=O)CNC(=O)c1ccc2c(c1)OCCO2)c1ccco1. The van der Waals surface area contributed by atoms with E-state index in [0.717, 1.165) is 0 Å². The molecule has 1 aromatic carbocycles. The summed E-state index contributed by atoms with van der Waals surface area (Å²) in [6.45, 7) is 4.43. The maximum atomic E-state index is 12.1. The van der Waals surface area contributed by atoms with Gasteiger partial charge in [-0.05, 0) is 30.3 Å². The van der Waals surface area contributed by atoms with Gasteiger partial charge in [0.25, 0.3) is 11.8 Å². The first kappa shape index (κ1) is 16.4. The van der Waals surface area contributed by atoms with E-state index in [4.69, 9.17) is 13.9 Å². The second kappa shape index (κ2) is 7.43. The van der Waals surface area contributed by atoms with Crippen molar-refractivity contribution in [1.82, 2.24) is 16.2 Å². The third-order valence-electron chi connectivity index (χ3n) is 3.39. The van der Waals surface area contributed by atoms with Crippen molar-refractivity contribution in [1.29, 1.82) is 0 Å². The molecule has 3 rings (SSSR count). The van der Waals surface area contributed by atoms with Crippen molar-refractivity contribution in [3.8, 4) is 11.5 Å². The van der Waals surface area contributed by atoms with Crippen molar-refractivity contribution in [2.75, 3.05) is 19.8 Å². The van der Waals surface area contributed by atoms with Gasteiger partial charge in [-0.1, -0.05) is 6.58 Å². The van der Waals surface area contributed by atoms with E-state index in [1.807, 2.05) is 0 Å². The quantitative estimate of drug-likeness (QED) is 0.678. The van der Waals surface area contributed by atoms with Crippen LogP contribution in [-0.4, -0.2) is 31.6 Å². The second-order valence-corrected chi connectivity index (χ2v) is 5.17. The predicted molar refractivity (Wildman–Crippen MR) is 88.8 cm³/mol. The molecule has 2 amide bonds. The van der Waals surface area contributed by atoms with E-state index in [9.17, 15) is 9.59 Å². The van der Waals surface area contributed by atoms with Crippen molar-refractivity contribution in [2.24, 2.45) is 0 Å². The Hall–Kier alpha value is -3.42. The van der Waals surface area contributed by atoms with Crippen molar-refractivity contribution >= 4 is 17.5 Å². The zero-order chi connectivity index (χ0) is 17.6. The van der Waals surface area contributed by atoms with Crippen LogP contribution < -0.4 is 25.6 Å². The molecular weight excluding hydrogens is 326 g/mol. The molecule has 2 heterocycles. The van der Waals surface area contributed by atoms with Gasteiger partial charge >= 0.3 is 0 Å². The molecule has 0 aliphatic carbocycles. The highest BCUT2D eigenvalue weighted by atomic mass is 16.6. The average Bonchev–Trinajstić information content (AvgIpc) is 3.18. The van der Waals surface area contributed by atoms with Gasteiger partial charge in [-0.2, -0.15) is 0 Å². The van der Waals surface area contributed by atoms with Gasteiger partial charge in [-0.15, -0.1) is 0 Å². The van der Waals surface area contributed by atoms with Gasteiger partial charge in [0, 0.05) is 5.56 Å². The molecule has 8 nitrogen and oxygen atoms in total. The highest BCUT2D eigenvalue weighted by Crippen LogP contribution is 2.30. The summed E-state index contributed by atoms with van der Waals surface area (Å²) in [7, 11) is 0. The Morgan fingerprint density at radius 3 is 2.64 bits per heavy atom. The number of ether oxygens (including phenoxy) is 2. The zero-order valence-electron chi connectivity index (χ0n) is 13.3. The minimum absolute atomic E-state index is 0.203. The van der Waals surface area contributed by atoms with Crippen LogP contribution in [0.5, 0.6) is 11.5 Å². The van der Waals surface area contributed by atoms with Crippen LogP contribution in [0.4, 0.5) is 0 Å². The molecule has 130 valence electrons. The summed E-state index contributed by atoms with van der Waals surface area (Å²) in [5, 5.41) is 2.52. The van der Waals surface area contributed by atoms with Gasteiger partial charge in [0.2, 0.25) is 0 Å². The molecule has 0 bridgehead atoms. The monoisotopic (exact) mass is 343 g/mol. The van der Waals surface area contributed by atoms with Crippen LogP contribution in [-0.2, 0) is 4.79 Å². The minimum Gasteiger partial charge on any atom is -0.486 e. The Bertz CT molecular complexity index is 786. The third kappa shape index (κ3) is 4.11. The highest BCUT2D eigenvalue weighted by molar-refractivity contribution is 5.97. The standard InChI is InChI=1S/C17H17N3O5/c1-11(13-3-2-6-23-13)19-20-16(21)10-18-17(22)12-4-5-14-15(9-12)25-8-7-24-14/h2-6,9,19H,1,7-8,10H2,(H,18,22)(H,20,21). The lowest BCUT2D eigenvalue weighted by Gasteiger charge is -2.18. The van der Waals surface area contributed by atoms with Crippen LogP contribution >= 0.6 is 0 Å². The lowest BCUT2D eigenvalue weighted by Crippen LogP contribution is -2.42. The summed E-state index contributed by atoms with van der Waals surface area (Å²) in [5.74, 6) is 0.789. The molecule has 0 spiro atoms. The number of nitrogens with one attached hydrogen (secondary N) is 3. The summed E-state index contributed by atoms with van der Waals surface area (Å²) < 4.78 is 15.9. The molecule has 25 heavy (non-hydrogen) atoms. The minimum atomic E-state index is -0.432. The topological polar surface area (TPSA) is 102 Å². The zero-order valence-corrected chi connectivity index (χ0v) is 13.3. The van der Waals surface area contributed by atoms with Crippen LogP contribution in [0.2, 0.25) is 0 Å². The Kier molecular flexibility index (Phi) is 4.89. The van der Waals surface area contributed by atoms with E-state index in [1.54, 1.807) is 30.3 Å². The first-order valence-corrected chi connectivity index (χ1v) is 7.59. The number of hydrogen-bond acceptors (Lipinski definition) is 6. The number of hydrogen-bond donors (Lipinski definition) is 3. The number of fused-ring (bicyclic) bond motifs is 1. The Morgan fingerprint density at radius 1 is 1.08 bits per heavy atom. The Balaban J connectivity index is 1.47. The number of amides is 2. The fourth-order valence-corrected chi connectivity index (χ4v) is 2.15. The number of carbonyl (C=O) groups is 2. The molecule has 0 fully saturated rings. The van der Waals surface area contributed by atoms with Crippen molar-refractivity contribution in [2.45, 2.75) is 0 Å². The first-order chi connectivity index (χ1) is 12.1. The van der Waals surface area contributed by atoms with E-state index in [-0.39, 0.29) is 6.54 Å². The lowest BCUT2D eigenvalue weighted by atomic mass is 10.2. The van der Waals surface area contributed by atoms with Gasteiger partial charge in [-0.25, -0.2) is 0 Å². The van der Waals surface area contributed by atoms with Crippen molar-refractivity contribution in [3.63, 3.8) is 0 Å². The van der Waals surface area contributed by atoms with Crippen LogP contribution in [0.1, 0.15) is 16.1 Å². The van der Waals surface area contributed by atoms with Gasteiger partial charge in [0.05, 0.1) is 18.5 Å². The molecule has 1 aliphatic heterocycles. The molecule has 0 unspecified atom stereocenters. The van der Waals surface area contributed by atoms with Crippen molar-refractivity contribution < 1.29 is 23.5 Å². The van der Waals surface area contributed by atoms with Crippen LogP contribution in [0, 0.1) is 0 Å². The number of hydrazine groups is 1. The molecule has 1 aromatic heterocycles. The molecule has 8 heteroatoms. The van der Waals surface area contributed by atoms with E-state index in [1.165, 1.54) is 6.26 Å². The average molecular weight is 343 g/mol. The van der Waals surface area contributed by atoms with Gasteiger partial charge < -0.3 is 19.2 Å². The molecular formula is C17H17N3O5. The fraction of sp³-hybridized carbons (Fsp3) is 0.176. The maximum Gasteiger partial charge on any atom is 0.257 e. The molecule has 3 N–H and O–H groups in total. The van der Waals surface area contributed by atoms with Crippen LogP contribution in [0.15, 0.2) is 47.6 Å². The highest BCUT2D eigenvalue weighted by Gasteiger charge is 2.15. The van der Waals surface area contributed by atoms with Gasteiger partial charge in [0.1, 0.15) is 13.2 Å². The molecule has 0 radical (unpaired) electrons. The van der Waals surface area contributed by atoms with Gasteiger partial charge in [-0.3, -0.25) is 20.4 Å². The van der Waals surface area contributed by atoms with E-state index < -0.39 is 11.8 Å². The Morgan fingerprint density at radius 2 is 1.88 bits per heavy atom. The van der Waals surface area contributed by atoms with Crippen LogP contribution in [0.3, 0.4) is 0 Å². The number of rotatable bonds is 6. The second-order valence-electron chi connectivity index (χ2n) is 5.17. The van der Waals surface area contributed by atoms with E-state index in [2.05, 4.69) is 22.7 Å². The summed E-state index contributed by atoms with van der Waals surface area (Å²) in [6.07, 6.45) is 1.50. The first-order valence-electron chi connectivity index (χ1n) is 7.59. The van der Waals surface area contributed by atoms with Crippen molar-refractivity contribution in [3.05, 3.63) is 54.5 Å².